The number of nitrogens with two attached hydrogens (primary N) is 1. The number of hydrogen-bond donors (Lipinski definition) is 4. The molecule has 0 saturated carbocycles. The summed E-state index contributed by atoms with van der Waals surface area (Å²) in [5, 5.41) is 11.0. The lowest BCUT2D eigenvalue weighted by Crippen LogP contribution is -2.36. The van der Waals surface area contributed by atoms with Gasteiger partial charge in [0.25, 0.3) is 5.91 Å². The number of nitrogens with one attached hydrogen (secondary N) is 3. The number of hydrogen-bond acceptors (Lipinski definition) is 4. The molecule has 0 radical (unpaired) electrons. The van der Waals surface area contributed by atoms with Crippen molar-refractivity contribution >= 4 is 29.1 Å². The van der Waals surface area contributed by atoms with Gasteiger partial charge in [-0.05, 0) is 36.1 Å². The first-order chi connectivity index (χ1) is 12.6. The highest BCUT2D eigenvalue weighted by molar-refractivity contribution is 7.09. The van der Waals surface area contributed by atoms with E-state index >= 15 is 0 Å². The summed E-state index contributed by atoms with van der Waals surface area (Å²) in [5.41, 5.74) is 6.46. The standard InChI is InChI=1S/C18H23N5O2S/c1-2-20-18(23-11-15-4-3-9-26-15)22-10-13-5-7-14(8-6-13)17(25)21-12-16(19)24/h3-9H,2,10-12H2,1H3,(H2,19,24)(H,21,25)(H2,20,22,23). The van der Waals surface area contributed by atoms with Crippen LogP contribution in [0.3, 0.4) is 0 Å². The summed E-state index contributed by atoms with van der Waals surface area (Å²) in [6.45, 7) is 3.83. The Balaban J connectivity index is 1.91. The maximum atomic E-state index is 11.8. The summed E-state index contributed by atoms with van der Waals surface area (Å²) < 4.78 is 0. The number of carbonyl (C=O) groups excluding carboxylic acids is 2. The van der Waals surface area contributed by atoms with Crippen LogP contribution in [-0.4, -0.2) is 30.9 Å². The van der Waals surface area contributed by atoms with Gasteiger partial charge >= 0.3 is 0 Å². The monoisotopic (exact) mass is 373 g/mol. The summed E-state index contributed by atoms with van der Waals surface area (Å²) >= 11 is 1.70. The van der Waals surface area contributed by atoms with Crippen LogP contribution in [0.25, 0.3) is 0 Å². The SMILES string of the molecule is CCNC(=NCc1ccc(C(=O)NCC(N)=O)cc1)NCc1cccs1. The van der Waals surface area contributed by atoms with Gasteiger partial charge in [0.2, 0.25) is 5.91 Å². The molecule has 1 aromatic carbocycles. The molecule has 7 nitrogen and oxygen atoms in total. The van der Waals surface area contributed by atoms with Gasteiger partial charge in [0, 0.05) is 17.0 Å². The van der Waals surface area contributed by atoms with E-state index in [2.05, 4.69) is 27.0 Å². The predicted molar refractivity (Wildman–Crippen MR) is 104 cm³/mol. The molecule has 2 aromatic rings. The summed E-state index contributed by atoms with van der Waals surface area (Å²) in [5.74, 6) is -0.163. The second-order valence-corrected chi connectivity index (χ2v) is 6.51. The van der Waals surface area contributed by atoms with E-state index in [0.29, 0.717) is 12.1 Å². The van der Waals surface area contributed by atoms with Crippen molar-refractivity contribution in [1.29, 1.82) is 0 Å². The van der Waals surface area contributed by atoms with Crippen LogP contribution < -0.4 is 21.7 Å². The minimum atomic E-state index is -0.574. The van der Waals surface area contributed by atoms with Crippen LogP contribution in [0, 0.1) is 0 Å². The Bertz CT molecular complexity index is 741. The number of amides is 2. The van der Waals surface area contributed by atoms with Crippen LogP contribution in [0.2, 0.25) is 0 Å². The zero-order valence-corrected chi connectivity index (χ0v) is 15.4. The van der Waals surface area contributed by atoms with Gasteiger partial charge in [0.15, 0.2) is 5.96 Å². The fourth-order valence-electron chi connectivity index (χ4n) is 2.13. The van der Waals surface area contributed by atoms with Crippen molar-refractivity contribution < 1.29 is 9.59 Å². The van der Waals surface area contributed by atoms with Gasteiger partial charge in [-0.15, -0.1) is 11.3 Å². The maximum absolute atomic E-state index is 11.8. The van der Waals surface area contributed by atoms with Gasteiger partial charge in [0.1, 0.15) is 0 Å². The van der Waals surface area contributed by atoms with E-state index in [1.807, 2.05) is 30.5 Å². The lowest BCUT2D eigenvalue weighted by atomic mass is 10.1. The molecule has 2 amide bonds. The molecule has 0 saturated heterocycles. The van der Waals surface area contributed by atoms with Crippen LogP contribution in [0.1, 0.15) is 27.7 Å². The fraction of sp³-hybridized carbons (Fsp3) is 0.278. The van der Waals surface area contributed by atoms with Crippen LogP contribution in [-0.2, 0) is 17.9 Å². The van der Waals surface area contributed by atoms with Gasteiger partial charge in [-0.3, -0.25) is 9.59 Å². The average Bonchev–Trinajstić information content (AvgIpc) is 3.16. The first-order valence-electron chi connectivity index (χ1n) is 8.28. The van der Waals surface area contributed by atoms with Crippen molar-refractivity contribution in [3.63, 3.8) is 0 Å². The Morgan fingerprint density at radius 1 is 1.12 bits per heavy atom. The molecule has 0 unspecified atom stereocenters. The molecule has 0 fully saturated rings. The fourth-order valence-corrected chi connectivity index (χ4v) is 2.77. The molecule has 5 N–H and O–H groups in total. The molecule has 8 heteroatoms. The van der Waals surface area contributed by atoms with E-state index in [4.69, 9.17) is 5.73 Å². The van der Waals surface area contributed by atoms with E-state index < -0.39 is 5.91 Å². The number of carbonyl (C=O) groups is 2. The quantitative estimate of drug-likeness (QED) is 0.412. The third-order valence-electron chi connectivity index (χ3n) is 3.41. The van der Waals surface area contributed by atoms with Gasteiger partial charge in [0.05, 0.1) is 19.6 Å². The van der Waals surface area contributed by atoms with Crippen LogP contribution in [0.15, 0.2) is 46.8 Å². The molecule has 0 atom stereocenters. The second-order valence-electron chi connectivity index (χ2n) is 5.47. The van der Waals surface area contributed by atoms with E-state index in [-0.39, 0.29) is 12.5 Å². The Hall–Kier alpha value is -2.87. The normalized spacial score (nSPS) is 11.0. The molecular weight excluding hydrogens is 350 g/mol. The van der Waals surface area contributed by atoms with Crippen LogP contribution in [0.5, 0.6) is 0 Å². The van der Waals surface area contributed by atoms with Gasteiger partial charge < -0.3 is 21.7 Å². The van der Waals surface area contributed by atoms with Gasteiger partial charge in [-0.2, -0.15) is 0 Å². The summed E-state index contributed by atoms with van der Waals surface area (Å²) in [4.78, 5) is 28.3. The third-order valence-corrected chi connectivity index (χ3v) is 4.29. The lowest BCUT2D eigenvalue weighted by Gasteiger charge is -2.10. The zero-order valence-electron chi connectivity index (χ0n) is 14.6. The maximum Gasteiger partial charge on any atom is 0.251 e. The van der Waals surface area contributed by atoms with Crippen molar-refractivity contribution in [1.82, 2.24) is 16.0 Å². The molecule has 0 aliphatic carbocycles. The first-order valence-corrected chi connectivity index (χ1v) is 9.16. The molecule has 1 aromatic heterocycles. The highest BCUT2D eigenvalue weighted by atomic mass is 32.1. The highest BCUT2D eigenvalue weighted by Crippen LogP contribution is 2.08. The smallest absolute Gasteiger partial charge is 0.251 e. The molecule has 2 rings (SSSR count). The number of benzene rings is 1. The van der Waals surface area contributed by atoms with E-state index in [0.717, 1.165) is 24.6 Å². The number of rotatable bonds is 8. The predicted octanol–water partition coefficient (Wildman–Crippen LogP) is 1.22. The van der Waals surface area contributed by atoms with Crippen molar-refractivity contribution in [3.05, 3.63) is 57.8 Å². The first kappa shape index (κ1) is 19.5. The molecule has 138 valence electrons. The number of guanidine groups is 1. The number of nitrogens with zero attached hydrogens (tertiary/aromatic N) is 1. The van der Waals surface area contributed by atoms with E-state index in [1.54, 1.807) is 23.5 Å². The second kappa shape index (κ2) is 10.2. The van der Waals surface area contributed by atoms with E-state index in [1.165, 1.54) is 4.88 Å². The topological polar surface area (TPSA) is 109 Å². The number of primary amides is 1. The Labute approximate surface area is 156 Å². The Morgan fingerprint density at radius 3 is 2.50 bits per heavy atom. The summed E-state index contributed by atoms with van der Waals surface area (Å²) in [6.07, 6.45) is 0. The summed E-state index contributed by atoms with van der Waals surface area (Å²) in [6, 6.07) is 11.2. The van der Waals surface area contributed by atoms with Crippen molar-refractivity contribution in [2.24, 2.45) is 10.7 Å². The largest absolute Gasteiger partial charge is 0.368 e. The molecular formula is C18H23N5O2S. The minimum Gasteiger partial charge on any atom is -0.368 e. The van der Waals surface area contributed by atoms with Crippen molar-refractivity contribution in [3.8, 4) is 0 Å². The zero-order chi connectivity index (χ0) is 18.8. The molecule has 0 aliphatic rings. The third kappa shape index (κ3) is 6.56. The van der Waals surface area contributed by atoms with Crippen molar-refractivity contribution in [2.45, 2.75) is 20.0 Å². The van der Waals surface area contributed by atoms with E-state index in [9.17, 15) is 9.59 Å². The van der Waals surface area contributed by atoms with Crippen LogP contribution in [0.4, 0.5) is 0 Å². The lowest BCUT2D eigenvalue weighted by molar-refractivity contribution is -0.117. The van der Waals surface area contributed by atoms with Gasteiger partial charge in [-0.25, -0.2) is 4.99 Å². The number of thiophene rings is 1. The van der Waals surface area contributed by atoms with Crippen molar-refractivity contribution in [2.75, 3.05) is 13.1 Å². The molecule has 0 bridgehead atoms. The summed E-state index contributed by atoms with van der Waals surface area (Å²) in [7, 11) is 0. The molecule has 0 spiro atoms. The van der Waals surface area contributed by atoms with Crippen LogP contribution >= 0.6 is 11.3 Å². The highest BCUT2D eigenvalue weighted by Gasteiger charge is 2.06. The molecule has 1 heterocycles. The molecule has 26 heavy (non-hydrogen) atoms. The average molecular weight is 373 g/mol. The number of aliphatic imine (C=N–C) groups is 1. The molecule has 0 aliphatic heterocycles. The minimum absolute atomic E-state index is 0.174. The Kier molecular flexibility index (Phi) is 7.63. The Morgan fingerprint density at radius 2 is 1.88 bits per heavy atom. The van der Waals surface area contributed by atoms with Gasteiger partial charge in [-0.1, -0.05) is 18.2 Å².